The monoisotopic (exact) mass is 326 g/mol. The van der Waals surface area contributed by atoms with Crippen molar-refractivity contribution >= 4 is 11.8 Å². The molecular formula is C20H22O4. The number of unbranched alkanes of at least 4 members (excludes halogenated alkanes) is 1. The van der Waals surface area contributed by atoms with E-state index in [0.29, 0.717) is 29.9 Å². The van der Waals surface area contributed by atoms with E-state index < -0.39 is 5.97 Å². The van der Waals surface area contributed by atoms with Crippen LogP contribution in [0.1, 0.15) is 53.8 Å². The van der Waals surface area contributed by atoms with Gasteiger partial charge in [0.25, 0.3) is 0 Å². The Hall–Kier alpha value is -2.62. The van der Waals surface area contributed by atoms with Gasteiger partial charge >= 0.3 is 5.97 Å². The van der Waals surface area contributed by atoms with Crippen LogP contribution in [0.25, 0.3) is 0 Å². The summed E-state index contributed by atoms with van der Waals surface area (Å²) in [5.74, 6) is 0.773. The third-order valence-electron chi connectivity index (χ3n) is 3.56. The van der Waals surface area contributed by atoms with E-state index in [1.54, 1.807) is 48.5 Å². The number of ketones is 1. The average Bonchev–Trinajstić information content (AvgIpc) is 2.62. The molecule has 0 amide bonds. The van der Waals surface area contributed by atoms with E-state index in [9.17, 15) is 9.59 Å². The van der Waals surface area contributed by atoms with Crippen molar-refractivity contribution in [2.24, 2.45) is 0 Å². The molecule has 0 spiro atoms. The molecule has 0 N–H and O–H groups in total. The second kappa shape index (κ2) is 8.87. The number of benzene rings is 2. The van der Waals surface area contributed by atoms with Crippen LogP contribution in [0.4, 0.5) is 0 Å². The molecule has 0 saturated carbocycles. The molecule has 0 saturated heterocycles. The molecule has 0 aromatic heterocycles. The maximum atomic E-state index is 12.1. The van der Waals surface area contributed by atoms with Crippen molar-refractivity contribution in [3.8, 4) is 11.5 Å². The number of esters is 1. The molecule has 0 aliphatic rings. The Morgan fingerprint density at radius 3 is 2.00 bits per heavy atom. The molecule has 0 heterocycles. The number of rotatable bonds is 8. The second-order valence-corrected chi connectivity index (χ2v) is 5.42. The van der Waals surface area contributed by atoms with Crippen molar-refractivity contribution in [1.82, 2.24) is 0 Å². The lowest BCUT2D eigenvalue weighted by Crippen LogP contribution is -2.08. The molecule has 0 aliphatic carbocycles. The van der Waals surface area contributed by atoms with E-state index in [1.165, 1.54) is 0 Å². The smallest absolute Gasteiger partial charge is 0.343 e. The van der Waals surface area contributed by atoms with Crippen LogP contribution >= 0.6 is 0 Å². The first-order valence-electron chi connectivity index (χ1n) is 8.22. The van der Waals surface area contributed by atoms with Crippen molar-refractivity contribution in [1.29, 1.82) is 0 Å². The van der Waals surface area contributed by atoms with Crippen LogP contribution in [0, 0.1) is 0 Å². The topological polar surface area (TPSA) is 52.6 Å². The zero-order valence-electron chi connectivity index (χ0n) is 14.1. The maximum Gasteiger partial charge on any atom is 0.343 e. The quantitative estimate of drug-likeness (QED) is 0.306. The van der Waals surface area contributed by atoms with Gasteiger partial charge in [0.05, 0.1) is 12.2 Å². The molecule has 2 aromatic carbocycles. The van der Waals surface area contributed by atoms with Crippen molar-refractivity contribution in [3.05, 3.63) is 59.7 Å². The minimum atomic E-state index is -0.440. The molecule has 2 aromatic rings. The Kier molecular flexibility index (Phi) is 6.55. The van der Waals surface area contributed by atoms with Crippen LogP contribution in [-0.2, 0) is 0 Å². The predicted octanol–water partition coefficient (Wildman–Crippen LogP) is 4.68. The van der Waals surface area contributed by atoms with Gasteiger partial charge in [-0.05, 0) is 55.0 Å². The lowest BCUT2D eigenvalue weighted by molar-refractivity contribution is 0.0734. The Labute approximate surface area is 142 Å². The summed E-state index contributed by atoms with van der Waals surface area (Å²) in [6, 6.07) is 13.5. The van der Waals surface area contributed by atoms with Crippen molar-refractivity contribution in [2.45, 2.75) is 33.1 Å². The van der Waals surface area contributed by atoms with Crippen LogP contribution in [0.2, 0.25) is 0 Å². The lowest BCUT2D eigenvalue weighted by atomic mass is 10.1. The van der Waals surface area contributed by atoms with Gasteiger partial charge in [-0.2, -0.15) is 0 Å². The number of carbonyl (C=O) groups is 2. The molecule has 126 valence electrons. The third-order valence-corrected chi connectivity index (χ3v) is 3.56. The minimum Gasteiger partial charge on any atom is -0.494 e. The van der Waals surface area contributed by atoms with Gasteiger partial charge in [0.2, 0.25) is 0 Å². The normalized spacial score (nSPS) is 10.2. The minimum absolute atomic E-state index is 0.0616. The summed E-state index contributed by atoms with van der Waals surface area (Å²) in [4.78, 5) is 23.7. The molecule has 0 aliphatic heterocycles. The average molecular weight is 326 g/mol. The fraction of sp³-hybridized carbons (Fsp3) is 0.300. The maximum absolute atomic E-state index is 12.1. The van der Waals surface area contributed by atoms with Gasteiger partial charge in [0, 0.05) is 12.0 Å². The first-order chi connectivity index (χ1) is 11.6. The summed E-state index contributed by atoms with van der Waals surface area (Å²) < 4.78 is 10.9. The van der Waals surface area contributed by atoms with E-state index >= 15 is 0 Å². The zero-order valence-corrected chi connectivity index (χ0v) is 14.1. The van der Waals surface area contributed by atoms with Gasteiger partial charge in [-0.3, -0.25) is 4.79 Å². The molecule has 0 bridgehead atoms. The summed E-state index contributed by atoms with van der Waals surface area (Å²) in [6.45, 7) is 4.59. The van der Waals surface area contributed by atoms with Gasteiger partial charge in [0.15, 0.2) is 5.78 Å². The van der Waals surface area contributed by atoms with Gasteiger partial charge in [-0.1, -0.05) is 20.3 Å². The van der Waals surface area contributed by atoms with Crippen molar-refractivity contribution in [3.63, 3.8) is 0 Å². The number of Topliss-reactive ketones (excluding diaryl/α,β-unsaturated/α-hetero) is 1. The van der Waals surface area contributed by atoms with E-state index in [0.717, 1.165) is 18.6 Å². The van der Waals surface area contributed by atoms with Crippen LogP contribution < -0.4 is 9.47 Å². The Balaban J connectivity index is 1.95. The molecule has 0 atom stereocenters. The predicted molar refractivity (Wildman–Crippen MR) is 92.9 cm³/mol. The largest absolute Gasteiger partial charge is 0.494 e. The first kappa shape index (κ1) is 17.7. The number of ether oxygens (including phenoxy) is 2. The summed E-state index contributed by atoms with van der Waals surface area (Å²) >= 11 is 0. The summed E-state index contributed by atoms with van der Waals surface area (Å²) in [5.41, 5.74) is 1.07. The highest BCUT2D eigenvalue weighted by atomic mass is 16.5. The number of hydrogen-bond acceptors (Lipinski definition) is 4. The fourth-order valence-corrected chi connectivity index (χ4v) is 2.10. The van der Waals surface area contributed by atoms with Crippen LogP contribution in [0.15, 0.2) is 48.5 Å². The second-order valence-electron chi connectivity index (χ2n) is 5.42. The van der Waals surface area contributed by atoms with Crippen molar-refractivity contribution < 1.29 is 19.1 Å². The molecule has 0 radical (unpaired) electrons. The Morgan fingerprint density at radius 2 is 1.42 bits per heavy atom. The summed E-state index contributed by atoms with van der Waals surface area (Å²) in [7, 11) is 0. The van der Waals surface area contributed by atoms with E-state index in [1.807, 2.05) is 6.92 Å². The standard InChI is InChI=1S/C20H22O4/c1-3-5-14-23-17-10-8-16(9-11-17)20(22)24-18-12-6-15(7-13-18)19(21)4-2/h6-13H,3-5,14H2,1-2H3. The summed E-state index contributed by atoms with van der Waals surface area (Å²) in [5, 5.41) is 0. The SMILES string of the molecule is CCCCOc1ccc(C(=O)Oc2ccc(C(=O)CC)cc2)cc1. The van der Waals surface area contributed by atoms with Crippen LogP contribution in [0.3, 0.4) is 0 Å². The highest BCUT2D eigenvalue weighted by Crippen LogP contribution is 2.17. The van der Waals surface area contributed by atoms with Crippen LogP contribution in [-0.4, -0.2) is 18.4 Å². The van der Waals surface area contributed by atoms with Gasteiger partial charge < -0.3 is 9.47 Å². The molecule has 24 heavy (non-hydrogen) atoms. The highest BCUT2D eigenvalue weighted by Gasteiger charge is 2.10. The lowest BCUT2D eigenvalue weighted by Gasteiger charge is -2.07. The molecule has 4 heteroatoms. The molecular weight excluding hydrogens is 304 g/mol. The Morgan fingerprint density at radius 1 is 0.833 bits per heavy atom. The first-order valence-corrected chi connectivity index (χ1v) is 8.22. The third kappa shape index (κ3) is 4.95. The summed E-state index contributed by atoms with van der Waals surface area (Å²) in [6.07, 6.45) is 2.53. The van der Waals surface area contributed by atoms with Crippen molar-refractivity contribution in [2.75, 3.05) is 6.61 Å². The molecule has 4 nitrogen and oxygen atoms in total. The van der Waals surface area contributed by atoms with Crippen LogP contribution in [0.5, 0.6) is 11.5 Å². The number of hydrogen-bond donors (Lipinski definition) is 0. The Bertz CT molecular complexity index is 672. The highest BCUT2D eigenvalue weighted by molar-refractivity contribution is 5.96. The van der Waals surface area contributed by atoms with E-state index in [4.69, 9.17) is 9.47 Å². The van der Waals surface area contributed by atoms with Gasteiger partial charge in [0.1, 0.15) is 11.5 Å². The van der Waals surface area contributed by atoms with E-state index in [2.05, 4.69) is 6.92 Å². The molecule has 0 unspecified atom stereocenters. The number of carbonyl (C=O) groups excluding carboxylic acids is 2. The van der Waals surface area contributed by atoms with E-state index in [-0.39, 0.29) is 5.78 Å². The molecule has 2 rings (SSSR count). The van der Waals surface area contributed by atoms with Gasteiger partial charge in [-0.25, -0.2) is 4.79 Å². The zero-order chi connectivity index (χ0) is 17.4. The fourth-order valence-electron chi connectivity index (χ4n) is 2.10. The molecule has 0 fully saturated rings. The van der Waals surface area contributed by atoms with Gasteiger partial charge in [-0.15, -0.1) is 0 Å².